The van der Waals surface area contributed by atoms with E-state index in [1.54, 1.807) is 0 Å². The first-order chi connectivity index (χ1) is 8.15. The number of hydrogen-bond acceptors (Lipinski definition) is 2. The lowest BCUT2D eigenvalue weighted by Crippen LogP contribution is -2.29. The Hall–Kier alpha value is -0.870. The van der Waals surface area contributed by atoms with E-state index < -0.39 is 0 Å². The van der Waals surface area contributed by atoms with Crippen LogP contribution in [0.1, 0.15) is 18.4 Å². The van der Waals surface area contributed by atoms with Gasteiger partial charge in [-0.05, 0) is 56.0 Å². The molecule has 2 rings (SSSR count). The summed E-state index contributed by atoms with van der Waals surface area (Å²) in [7, 11) is 0. The summed E-state index contributed by atoms with van der Waals surface area (Å²) in [5, 5.41) is 6.05. The number of halogens is 1. The molecule has 0 aliphatic heterocycles. The summed E-state index contributed by atoms with van der Waals surface area (Å²) in [4.78, 5) is 11.6. The summed E-state index contributed by atoms with van der Waals surface area (Å²) >= 11 is 3.44. The molecule has 1 aromatic carbocycles. The van der Waals surface area contributed by atoms with Gasteiger partial charge in [-0.25, -0.2) is 0 Å². The van der Waals surface area contributed by atoms with Crippen LogP contribution < -0.4 is 10.6 Å². The van der Waals surface area contributed by atoms with Gasteiger partial charge in [-0.3, -0.25) is 4.79 Å². The molecule has 1 aliphatic rings. The zero-order valence-corrected chi connectivity index (χ0v) is 11.5. The Balaban J connectivity index is 1.77. The van der Waals surface area contributed by atoms with E-state index >= 15 is 0 Å². The summed E-state index contributed by atoms with van der Waals surface area (Å²) < 4.78 is 1.06. The van der Waals surface area contributed by atoms with Crippen LogP contribution in [0.5, 0.6) is 0 Å². The SMILES string of the molecule is Cc1cc(NC(=O)CNCC2CC2)ccc1Br. The third-order valence-electron chi connectivity index (χ3n) is 2.86. The molecular weight excluding hydrogens is 280 g/mol. The van der Waals surface area contributed by atoms with E-state index in [9.17, 15) is 4.79 Å². The van der Waals surface area contributed by atoms with Crippen molar-refractivity contribution in [3.8, 4) is 0 Å². The van der Waals surface area contributed by atoms with Crippen LogP contribution in [0.25, 0.3) is 0 Å². The smallest absolute Gasteiger partial charge is 0.238 e. The van der Waals surface area contributed by atoms with Gasteiger partial charge in [0, 0.05) is 10.2 Å². The van der Waals surface area contributed by atoms with Gasteiger partial charge >= 0.3 is 0 Å². The molecule has 1 amide bonds. The fraction of sp³-hybridized carbons (Fsp3) is 0.462. The molecule has 17 heavy (non-hydrogen) atoms. The van der Waals surface area contributed by atoms with Crippen molar-refractivity contribution in [3.05, 3.63) is 28.2 Å². The highest BCUT2D eigenvalue weighted by molar-refractivity contribution is 9.10. The molecule has 0 unspecified atom stereocenters. The van der Waals surface area contributed by atoms with Crippen LogP contribution in [0.3, 0.4) is 0 Å². The average Bonchev–Trinajstić information content (AvgIpc) is 3.07. The van der Waals surface area contributed by atoms with Crippen molar-refractivity contribution in [3.63, 3.8) is 0 Å². The predicted octanol–water partition coefficient (Wildman–Crippen LogP) is 2.70. The summed E-state index contributed by atoms with van der Waals surface area (Å²) in [6.07, 6.45) is 2.61. The van der Waals surface area contributed by atoms with Crippen LogP contribution >= 0.6 is 15.9 Å². The lowest BCUT2D eigenvalue weighted by Gasteiger charge is -2.07. The second-order valence-corrected chi connectivity index (χ2v) is 5.44. The van der Waals surface area contributed by atoms with Crippen LogP contribution in [0.15, 0.2) is 22.7 Å². The van der Waals surface area contributed by atoms with Crippen molar-refractivity contribution >= 4 is 27.5 Å². The second kappa shape index (κ2) is 5.65. The molecule has 0 aromatic heterocycles. The van der Waals surface area contributed by atoms with Gasteiger partial charge in [0.1, 0.15) is 0 Å². The summed E-state index contributed by atoms with van der Waals surface area (Å²) in [5.74, 6) is 0.824. The van der Waals surface area contributed by atoms with Crippen molar-refractivity contribution in [2.45, 2.75) is 19.8 Å². The minimum Gasteiger partial charge on any atom is -0.325 e. The number of amides is 1. The Morgan fingerprint density at radius 3 is 2.88 bits per heavy atom. The van der Waals surface area contributed by atoms with Gasteiger partial charge in [0.15, 0.2) is 0 Å². The molecule has 1 aliphatic carbocycles. The number of nitrogens with one attached hydrogen (secondary N) is 2. The van der Waals surface area contributed by atoms with Crippen LogP contribution in [0.4, 0.5) is 5.69 Å². The normalized spacial score (nSPS) is 14.7. The zero-order chi connectivity index (χ0) is 12.3. The molecule has 0 heterocycles. The monoisotopic (exact) mass is 296 g/mol. The van der Waals surface area contributed by atoms with E-state index in [-0.39, 0.29) is 5.91 Å². The summed E-state index contributed by atoms with van der Waals surface area (Å²) in [6.45, 7) is 3.36. The van der Waals surface area contributed by atoms with Crippen LogP contribution in [-0.2, 0) is 4.79 Å². The molecular formula is C13H17BrN2O. The first-order valence-corrected chi connectivity index (χ1v) is 6.71. The minimum atomic E-state index is 0.0207. The standard InChI is InChI=1S/C13H17BrN2O/c1-9-6-11(4-5-12(9)14)16-13(17)8-15-7-10-2-3-10/h4-6,10,15H,2-3,7-8H2,1H3,(H,16,17). The first-order valence-electron chi connectivity index (χ1n) is 5.92. The van der Waals surface area contributed by atoms with Gasteiger partial charge in [0.2, 0.25) is 5.91 Å². The number of carbonyl (C=O) groups excluding carboxylic acids is 1. The molecule has 3 nitrogen and oxygen atoms in total. The Bertz CT molecular complexity index is 416. The van der Waals surface area contributed by atoms with E-state index in [4.69, 9.17) is 0 Å². The van der Waals surface area contributed by atoms with E-state index in [1.807, 2.05) is 25.1 Å². The molecule has 1 fully saturated rings. The minimum absolute atomic E-state index is 0.0207. The number of anilines is 1. The zero-order valence-electron chi connectivity index (χ0n) is 9.92. The molecule has 4 heteroatoms. The van der Waals surface area contributed by atoms with E-state index in [0.29, 0.717) is 6.54 Å². The van der Waals surface area contributed by atoms with Crippen molar-refractivity contribution in [1.82, 2.24) is 5.32 Å². The third kappa shape index (κ3) is 4.13. The van der Waals surface area contributed by atoms with Crippen LogP contribution in [0, 0.1) is 12.8 Å². The van der Waals surface area contributed by atoms with Crippen LogP contribution in [0.2, 0.25) is 0 Å². The molecule has 0 saturated heterocycles. The summed E-state index contributed by atoms with van der Waals surface area (Å²) in [5.41, 5.74) is 1.97. The second-order valence-electron chi connectivity index (χ2n) is 4.59. The Kier molecular flexibility index (Phi) is 4.18. The van der Waals surface area contributed by atoms with Crippen LogP contribution in [-0.4, -0.2) is 19.0 Å². The van der Waals surface area contributed by atoms with Crippen molar-refractivity contribution in [1.29, 1.82) is 0 Å². The van der Waals surface area contributed by atoms with Gasteiger partial charge < -0.3 is 10.6 Å². The number of carbonyl (C=O) groups is 1. The van der Waals surface area contributed by atoms with Gasteiger partial charge in [0.25, 0.3) is 0 Å². The Morgan fingerprint density at radius 2 is 2.24 bits per heavy atom. The molecule has 1 aromatic rings. The Labute approximate surface area is 110 Å². The summed E-state index contributed by atoms with van der Waals surface area (Å²) in [6, 6.07) is 5.81. The highest BCUT2D eigenvalue weighted by Crippen LogP contribution is 2.27. The van der Waals surface area contributed by atoms with Crippen molar-refractivity contribution in [2.24, 2.45) is 5.92 Å². The van der Waals surface area contributed by atoms with Gasteiger partial charge in [-0.2, -0.15) is 0 Å². The van der Waals surface area contributed by atoms with Gasteiger partial charge in [0.05, 0.1) is 6.54 Å². The van der Waals surface area contributed by atoms with Crippen molar-refractivity contribution < 1.29 is 4.79 Å². The van der Waals surface area contributed by atoms with Gasteiger partial charge in [-0.1, -0.05) is 15.9 Å². The fourth-order valence-corrected chi connectivity index (χ4v) is 1.89. The maximum Gasteiger partial charge on any atom is 0.238 e. The number of rotatable bonds is 5. The Morgan fingerprint density at radius 1 is 1.47 bits per heavy atom. The average molecular weight is 297 g/mol. The molecule has 0 atom stereocenters. The molecule has 0 spiro atoms. The van der Waals surface area contributed by atoms with Gasteiger partial charge in [-0.15, -0.1) is 0 Å². The number of hydrogen-bond donors (Lipinski definition) is 2. The highest BCUT2D eigenvalue weighted by Gasteiger charge is 2.20. The van der Waals surface area contributed by atoms with E-state index in [2.05, 4.69) is 26.6 Å². The maximum atomic E-state index is 11.6. The lowest BCUT2D eigenvalue weighted by atomic mass is 10.2. The lowest BCUT2D eigenvalue weighted by molar-refractivity contribution is -0.115. The third-order valence-corrected chi connectivity index (χ3v) is 3.75. The van der Waals surface area contributed by atoms with E-state index in [0.717, 1.165) is 28.2 Å². The fourth-order valence-electron chi connectivity index (χ4n) is 1.64. The maximum absolute atomic E-state index is 11.6. The predicted molar refractivity (Wildman–Crippen MR) is 73.1 cm³/mol. The number of benzene rings is 1. The first kappa shape index (κ1) is 12.6. The quantitative estimate of drug-likeness (QED) is 0.877. The topological polar surface area (TPSA) is 41.1 Å². The van der Waals surface area contributed by atoms with Crippen molar-refractivity contribution in [2.75, 3.05) is 18.4 Å². The molecule has 0 bridgehead atoms. The molecule has 0 radical (unpaired) electrons. The highest BCUT2D eigenvalue weighted by atomic mass is 79.9. The molecule has 2 N–H and O–H groups in total. The molecule has 1 saturated carbocycles. The molecule has 92 valence electrons. The largest absolute Gasteiger partial charge is 0.325 e. The van der Waals surface area contributed by atoms with E-state index in [1.165, 1.54) is 12.8 Å². The number of aryl methyl sites for hydroxylation is 1.